The molecule has 0 bridgehead atoms. The lowest BCUT2D eigenvalue weighted by atomic mass is 9.89. The van der Waals surface area contributed by atoms with Gasteiger partial charge in [-0.1, -0.05) is 19.8 Å². The molecule has 2 aliphatic carbocycles. The van der Waals surface area contributed by atoms with E-state index >= 15 is 0 Å². The van der Waals surface area contributed by atoms with Crippen molar-refractivity contribution >= 4 is 5.97 Å². The third-order valence-electron chi connectivity index (χ3n) is 4.36. The normalized spacial score (nSPS) is 32.4. The van der Waals surface area contributed by atoms with Crippen LogP contribution in [-0.2, 0) is 9.53 Å². The molecular weight excluding hydrogens is 214 g/mol. The minimum atomic E-state index is -0.265. The minimum Gasteiger partial charge on any atom is -0.462 e. The molecule has 0 unspecified atom stereocenters. The van der Waals surface area contributed by atoms with Gasteiger partial charge < -0.3 is 10.5 Å². The van der Waals surface area contributed by atoms with Crippen molar-refractivity contribution in [3.8, 4) is 0 Å². The monoisotopic (exact) mass is 239 g/mol. The number of ether oxygens (including phenoxy) is 1. The summed E-state index contributed by atoms with van der Waals surface area (Å²) in [6, 6.07) is 0. The van der Waals surface area contributed by atoms with Crippen LogP contribution >= 0.6 is 0 Å². The fraction of sp³-hybridized carbons (Fsp3) is 0.929. The largest absolute Gasteiger partial charge is 0.462 e. The highest BCUT2D eigenvalue weighted by Gasteiger charge is 2.33. The Labute approximate surface area is 104 Å². The number of nitrogens with two attached hydrogens (primary N) is 1. The van der Waals surface area contributed by atoms with Gasteiger partial charge in [-0.25, -0.2) is 0 Å². The van der Waals surface area contributed by atoms with Gasteiger partial charge in [0.2, 0.25) is 0 Å². The summed E-state index contributed by atoms with van der Waals surface area (Å²) in [5.41, 5.74) is 5.92. The van der Waals surface area contributed by atoms with Gasteiger partial charge in [0.1, 0.15) is 6.10 Å². The van der Waals surface area contributed by atoms with Crippen molar-refractivity contribution in [3.05, 3.63) is 0 Å². The smallest absolute Gasteiger partial charge is 0.307 e. The Morgan fingerprint density at radius 1 is 1.24 bits per heavy atom. The number of carbonyl (C=O) groups is 1. The Morgan fingerprint density at radius 2 is 1.82 bits per heavy atom. The number of carbonyl (C=O) groups excluding carboxylic acids is 1. The Kier molecular flexibility index (Phi) is 4.08. The van der Waals surface area contributed by atoms with Crippen LogP contribution in [0.25, 0.3) is 0 Å². The van der Waals surface area contributed by atoms with Crippen LogP contribution in [0.15, 0.2) is 0 Å². The van der Waals surface area contributed by atoms with Gasteiger partial charge in [0.15, 0.2) is 0 Å². The maximum Gasteiger partial charge on any atom is 0.307 e. The van der Waals surface area contributed by atoms with Gasteiger partial charge in [0.05, 0.1) is 6.42 Å². The zero-order chi connectivity index (χ0) is 12.3. The van der Waals surface area contributed by atoms with Crippen molar-refractivity contribution in [1.29, 1.82) is 0 Å². The van der Waals surface area contributed by atoms with E-state index in [0.717, 1.165) is 44.4 Å². The zero-order valence-corrected chi connectivity index (χ0v) is 10.9. The van der Waals surface area contributed by atoms with Gasteiger partial charge in [-0.15, -0.1) is 0 Å². The van der Waals surface area contributed by atoms with Crippen molar-refractivity contribution in [1.82, 2.24) is 0 Å². The lowest BCUT2D eigenvalue weighted by Gasteiger charge is -2.28. The highest BCUT2D eigenvalue weighted by atomic mass is 16.5. The number of esters is 1. The van der Waals surface area contributed by atoms with E-state index in [9.17, 15) is 4.79 Å². The average molecular weight is 239 g/mol. The Balaban J connectivity index is 1.73. The van der Waals surface area contributed by atoms with Crippen LogP contribution in [-0.4, -0.2) is 17.6 Å². The second kappa shape index (κ2) is 5.38. The van der Waals surface area contributed by atoms with Crippen LogP contribution in [0.5, 0.6) is 0 Å². The van der Waals surface area contributed by atoms with Crippen molar-refractivity contribution in [2.75, 3.05) is 0 Å². The van der Waals surface area contributed by atoms with Crippen LogP contribution in [0.1, 0.15) is 64.7 Å². The first kappa shape index (κ1) is 12.9. The summed E-state index contributed by atoms with van der Waals surface area (Å²) in [7, 11) is 0. The first-order valence-electron chi connectivity index (χ1n) is 7.06. The zero-order valence-electron chi connectivity index (χ0n) is 10.9. The van der Waals surface area contributed by atoms with Crippen molar-refractivity contribution < 1.29 is 9.53 Å². The lowest BCUT2D eigenvalue weighted by molar-refractivity contribution is -0.152. The fourth-order valence-electron chi connectivity index (χ4n) is 3.12. The van der Waals surface area contributed by atoms with Gasteiger partial charge in [-0.05, 0) is 44.4 Å². The molecule has 3 nitrogen and oxygen atoms in total. The van der Waals surface area contributed by atoms with Gasteiger partial charge in [0.25, 0.3) is 0 Å². The third-order valence-corrected chi connectivity index (χ3v) is 4.36. The highest BCUT2D eigenvalue weighted by Crippen LogP contribution is 2.31. The highest BCUT2D eigenvalue weighted by molar-refractivity contribution is 5.71. The van der Waals surface area contributed by atoms with E-state index in [4.69, 9.17) is 10.5 Å². The Hall–Kier alpha value is -0.570. The van der Waals surface area contributed by atoms with E-state index in [0.29, 0.717) is 6.42 Å². The fourth-order valence-corrected chi connectivity index (χ4v) is 3.12. The molecule has 0 radical (unpaired) electrons. The van der Waals surface area contributed by atoms with Crippen molar-refractivity contribution in [2.24, 2.45) is 11.7 Å². The van der Waals surface area contributed by atoms with Crippen LogP contribution in [0, 0.1) is 5.92 Å². The van der Waals surface area contributed by atoms with Crippen LogP contribution in [0.3, 0.4) is 0 Å². The molecule has 2 N–H and O–H groups in total. The van der Waals surface area contributed by atoms with Crippen LogP contribution in [0.4, 0.5) is 0 Å². The molecule has 2 aliphatic rings. The summed E-state index contributed by atoms with van der Waals surface area (Å²) < 4.78 is 5.55. The molecule has 0 amide bonds. The van der Waals surface area contributed by atoms with E-state index < -0.39 is 0 Å². The van der Waals surface area contributed by atoms with E-state index in [1.54, 1.807) is 0 Å². The Bertz CT molecular complexity index is 263. The van der Waals surface area contributed by atoms with Crippen molar-refractivity contribution in [2.45, 2.75) is 76.4 Å². The Morgan fingerprint density at radius 3 is 2.41 bits per heavy atom. The predicted octanol–water partition coefficient (Wildman–Crippen LogP) is 2.77. The maximum absolute atomic E-state index is 11.9. The molecule has 0 aromatic carbocycles. The van der Waals surface area contributed by atoms with E-state index in [-0.39, 0.29) is 17.6 Å². The lowest BCUT2D eigenvalue weighted by Crippen LogP contribution is -2.40. The van der Waals surface area contributed by atoms with Crippen LogP contribution < -0.4 is 5.73 Å². The summed E-state index contributed by atoms with van der Waals surface area (Å²) in [6.45, 7) is 2.27. The average Bonchev–Trinajstić information content (AvgIpc) is 2.68. The standard InChI is InChI=1S/C14H25NO2/c1-11-4-6-12(7-5-11)17-13(16)10-14(15)8-2-3-9-14/h11-12H,2-10,15H2,1H3. The van der Waals surface area contributed by atoms with E-state index in [2.05, 4.69) is 6.92 Å². The third kappa shape index (κ3) is 3.70. The molecule has 17 heavy (non-hydrogen) atoms. The molecule has 0 aromatic heterocycles. The SMILES string of the molecule is CC1CCC(OC(=O)CC2(N)CCCC2)CC1. The van der Waals surface area contributed by atoms with Gasteiger partial charge in [-0.2, -0.15) is 0 Å². The summed E-state index contributed by atoms with van der Waals surface area (Å²) in [4.78, 5) is 11.9. The topological polar surface area (TPSA) is 52.3 Å². The first-order valence-corrected chi connectivity index (χ1v) is 7.06. The van der Waals surface area contributed by atoms with Gasteiger partial charge >= 0.3 is 5.97 Å². The van der Waals surface area contributed by atoms with Gasteiger partial charge in [0, 0.05) is 5.54 Å². The van der Waals surface area contributed by atoms with Gasteiger partial charge in [-0.3, -0.25) is 4.79 Å². The molecule has 0 heterocycles. The first-order chi connectivity index (χ1) is 8.07. The van der Waals surface area contributed by atoms with Crippen molar-refractivity contribution in [3.63, 3.8) is 0 Å². The minimum absolute atomic E-state index is 0.0750. The summed E-state index contributed by atoms with van der Waals surface area (Å²) in [5.74, 6) is 0.717. The summed E-state index contributed by atoms with van der Waals surface area (Å²) in [6.07, 6.45) is 9.28. The summed E-state index contributed by atoms with van der Waals surface area (Å²) >= 11 is 0. The molecule has 2 saturated carbocycles. The quantitative estimate of drug-likeness (QED) is 0.770. The molecule has 0 spiro atoms. The van der Waals surface area contributed by atoms with Crippen LogP contribution in [0.2, 0.25) is 0 Å². The number of rotatable bonds is 3. The number of hydrogen-bond acceptors (Lipinski definition) is 3. The molecule has 0 atom stereocenters. The van der Waals surface area contributed by atoms with E-state index in [1.165, 1.54) is 12.8 Å². The molecular formula is C14H25NO2. The number of hydrogen-bond donors (Lipinski definition) is 1. The second-order valence-corrected chi connectivity index (χ2v) is 6.12. The van der Waals surface area contributed by atoms with E-state index in [1.807, 2.05) is 0 Å². The molecule has 2 rings (SSSR count). The molecule has 3 heteroatoms. The summed E-state index contributed by atoms with van der Waals surface area (Å²) in [5, 5.41) is 0. The molecule has 98 valence electrons. The molecule has 2 fully saturated rings. The molecule has 0 aromatic rings. The second-order valence-electron chi connectivity index (χ2n) is 6.12. The molecule has 0 saturated heterocycles. The predicted molar refractivity (Wildman–Crippen MR) is 67.5 cm³/mol. The molecule has 0 aliphatic heterocycles. The maximum atomic E-state index is 11.9.